The van der Waals surface area contributed by atoms with Crippen LogP contribution in [-0.2, 0) is 19.6 Å². The topological polar surface area (TPSA) is 86.8 Å². The Morgan fingerprint density at radius 1 is 1.13 bits per heavy atom. The van der Waals surface area contributed by atoms with Crippen LogP contribution in [0.1, 0.15) is 12.8 Å². The van der Waals surface area contributed by atoms with Gasteiger partial charge in [-0.25, -0.2) is 12.8 Å². The lowest BCUT2D eigenvalue weighted by Crippen LogP contribution is -2.41. The van der Waals surface area contributed by atoms with Crippen molar-refractivity contribution >= 4 is 45.0 Å². The molecule has 1 fully saturated rings. The second kappa shape index (κ2) is 8.37. The molecule has 2 heterocycles. The number of carbonyl (C=O) groups excluding carboxylic acids is 2. The van der Waals surface area contributed by atoms with Gasteiger partial charge in [0.25, 0.3) is 0 Å². The van der Waals surface area contributed by atoms with Crippen LogP contribution >= 0.6 is 11.8 Å². The normalized spacial score (nSPS) is 17.1. The van der Waals surface area contributed by atoms with Crippen LogP contribution in [0.2, 0.25) is 0 Å². The monoisotopic (exact) mass is 449 g/mol. The van der Waals surface area contributed by atoms with Crippen LogP contribution in [0.15, 0.2) is 52.3 Å². The van der Waals surface area contributed by atoms with Crippen molar-refractivity contribution in [3.63, 3.8) is 0 Å². The lowest BCUT2D eigenvalue weighted by molar-refractivity contribution is -0.120. The highest BCUT2D eigenvalue weighted by Gasteiger charge is 2.31. The number of hydrogen-bond acceptors (Lipinski definition) is 5. The molecule has 158 valence electrons. The number of halogens is 1. The second-order valence-electron chi connectivity index (χ2n) is 7.07. The van der Waals surface area contributed by atoms with Crippen LogP contribution in [0.3, 0.4) is 0 Å². The summed E-state index contributed by atoms with van der Waals surface area (Å²) in [5, 5.41) is 2.56. The Balaban J connectivity index is 1.59. The summed E-state index contributed by atoms with van der Waals surface area (Å²) < 4.78 is 40.6. The summed E-state index contributed by atoms with van der Waals surface area (Å²) in [6.45, 7) is 0.663. The van der Waals surface area contributed by atoms with Gasteiger partial charge in [0.15, 0.2) is 0 Å². The van der Waals surface area contributed by atoms with Gasteiger partial charge in [0, 0.05) is 23.7 Å². The minimum absolute atomic E-state index is 0.106. The zero-order chi connectivity index (χ0) is 21.3. The van der Waals surface area contributed by atoms with E-state index in [1.807, 2.05) is 0 Å². The van der Waals surface area contributed by atoms with Crippen molar-refractivity contribution in [3.8, 4) is 0 Å². The number of anilines is 2. The van der Waals surface area contributed by atoms with Gasteiger partial charge in [-0.15, -0.1) is 11.8 Å². The third-order valence-corrected chi connectivity index (χ3v) is 7.93. The van der Waals surface area contributed by atoms with Crippen LogP contribution in [0, 0.1) is 5.82 Å². The summed E-state index contributed by atoms with van der Waals surface area (Å²) in [6, 6.07) is 10.1. The quantitative estimate of drug-likeness (QED) is 0.759. The molecule has 0 saturated carbocycles. The lowest BCUT2D eigenvalue weighted by atomic mass is 10.2. The zero-order valence-electron chi connectivity index (χ0n) is 16.0. The predicted molar refractivity (Wildman–Crippen MR) is 113 cm³/mol. The molecule has 0 aromatic heterocycles. The second-order valence-corrected chi connectivity index (χ2v) is 10.0. The molecule has 30 heavy (non-hydrogen) atoms. The van der Waals surface area contributed by atoms with Gasteiger partial charge >= 0.3 is 0 Å². The average molecular weight is 450 g/mol. The highest BCUT2D eigenvalue weighted by Crippen LogP contribution is 2.37. The van der Waals surface area contributed by atoms with E-state index in [9.17, 15) is 22.4 Å². The van der Waals surface area contributed by atoms with Crippen LogP contribution in [0.25, 0.3) is 0 Å². The van der Waals surface area contributed by atoms with E-state index in [1.54, 1.807) is 18.2 Å². The molecular formula is C20H20FN3O4S2. The molecule has 0 unspecified atom stereocenters. The Bertz CT molecular complexity index is 1100. The Morgan fingerprint density at radius 2 is 1.90 bits per heavy atom. The molecule has 10 heteroatoms. The number of nitrogens with one attached hydrogen (secondary N) is 1. The van der Waals surface area contributed by atoms with Crippen LogP contribution in [-0.4, -0.2) is 49.9 Å². The molecule has 1 N–H and O–H groups in total. The number of amides is 2. The van der Waals surface area contributed by atoms with Gasteiger partial charge < -0.3 is 10.2 Å². The molecule has 0 bridgehead atoms. The molecule has 7 nitrogen and oxygen atoms in total. The third-order valence-electron chi connectivity index (χ3n) is 4.99. The van der Waals surface area contributed by atoms with Crippen molar-refractivity contribution in [1.29, 1.82) is 0 Å². The molecule has 0 spiro atoms. The smallest absolute Gasteiger partial charge is 0.244 e. The number of rotatable bonds is 5. The summed E-state index contributed by atoms with van der Waals surface area (Å²) in [5.41, 5.74) is 0.676. The van der Waals surface area contributed by atoms with E-state index in [1.165, 1.54) is 45.2 Å². The first-order valence-corrected chi connectivity index (χ1v) is 11.9. The molecule has 1 saturated heterocycles. The fraction of sp³-hybridized carbons (Fsp3) is 0.300. The number of nitrogens with zero attached hydrogens (tertiary/aromatic N) is 2. The van der Waals surface area contributed by atoms with E-state index in [2.05, 4.69) is 5.32 Å². The first-order valence-electron chi connectivity index (χ1n) is 9.47. The summed E-state index contributed by atoms with van der Waals surface area (Å²) in [7, 11) is -3.65. The minimum atomic E-state index is -3.65. The predicted octanol–water partition coefficient (Wildman–Crippen LogP) is 2.69. The van der Waals surface area contributed by atoms with Crippen LogP contribution in [0.4, 0.5) is 15.8 Å². The van der Waals surface area contributed by atoms with Gasteiger partial charge in [0.05, 0.1) is 16.3 Å². The Labute approximate surface area is 178 Å². The van der Waals surface area contributed by atoms with Gasteiger partial charge in [-0.2, -0.15) is 4.31 Å². The molecule has 2 amide bonds. The molecule has 0 atom stereocenters. The molecule has 2 aromatic rings. The third kappa shape index (κ3) is 4.21. The molecule has 2 aliphatic heterocycles. The Hall–Kier alpha value is -2.43. The van der Waals surface area contributed by atoms with Gasteiger partial charge in [0.2, 0.25) is 21.8 Å². The largest absolute Gasteiger partial charge is 0.324 e. The summed E-state index contributed by atoms with van der Waals surface area (Å²) in [5.74, 6) is -1.13. The lowest BCUT2D eigenvalue weighted by Gasteiger charge is -2.29. The molecule has 0 aliphatic carbocycles. The maximum atomic E-state index is 13.3. The SMILES string of the molecule is O=C(CN1C(=O)CSc2ccc(S(=O)(=O)N3CCCC3)cc21)Nc1cccc(F)c1. The molecule has 0 radical (unpaired) electrons. The van der Waals surface area contributed by atoms with Gasteiger partial charge in [-0.3, -0.25) is 9.59 Å². The number of benzene rings is 2. The highest BCUT2D eigenvalue weighted by atomic mass is 32.2. The molecule has 4 rings (SSSR count). The zero-order valence-corrected chi connectivity index (χ0v) is 17.6. The Kier molecular flexibility index (Phi) is 5.81. The summed E-state index contributed by atoms with van der Waals surface area (Å²) in [4.78, 5) is 27.1. The number of hydrogen-bond donors (Lipinski definition) is 1. The van der Waals surface area contributed by atoms with E-state index < -0.39 is 21.7 Å². The van der Waals surface area contributed by atoms with Crippen LogP contribution in [0.5, 0.6) is 0 Å². The van der Waals surface area contributed by atoms with E-state index in [-0.39, 0.29) is 28.8 Å². The molecule has 2 aliphatic rings. The van der Waals surface area contributed by atoms with Crippen molar-refractivity contribution in [2.24, 2.45) is 0 Å². The number of sulfonamides is 1. The fourth-order valence-corrected chi connectivity index (χ4v) is 5.96. The van der Waals surface area contributed by atoms with E-state index in [4.69, 9.17) is 0 Å². The maximum Gasteiger partial charge on any atom is 0.244 e. The average Bonchev–Trinajstić information content (AvgIpc) is 3.25. The van der Waals surface area contributed by atoms with Crippen molar-refractivity contribution in [1.82, 2.24) is 4.31 Å². The first-order chi connectivity index (χ1) is 14.3. The van der Waals surface area contributed by atoms with Gasteiger partial charge in [-0.1, -0.05) is 6.07 Å². The number of carbonyl (C=O) groups is 2. The first kappa shape index (κ1) is 20.8. The fourth-order valence-electron chi connectivity index (χ4n) is 3.50. The van der Waals surface area contributed by atoms with Crippen molar-refractivity contribution in [2.45, 2.75) is 22.6 Å². The maximum absolute atomic E-state index is 13.3. The summed E-state index contributed by atoms with van der Waals surface area (Å²) >= 11 is 1.30. The highest BCUT2D eigenvalue weighted by molar-refractivity contribution is 8.00. The van der Waals surface area contributed by atoms with E-state index >= 15 is 0 Å². The van der Waals surface area contributed by atoms with E-state index in [0.717, 1.165) is 17.7 Å². The van der Waals surface area contributed by atoms with Crippen LogP contribution < -0.4 is 10.2 Å². The Morgan fingerprint density at radius 3 is 2.63 bits per heavy atom. The minimum Gasteiger partial charge on any atom is -0.324 e. The van der Waals surface area contributed by atoms with E-state index in [0.29, 0.717) is 18.8 Å². The van der Waals surface area contributed by atoms with Crippen molar-refractivity contribution in [2.75, 3.05) is 35.6 Å². The summed E-state index contributed by atoms with van der Waals surface area (Å²) in [6.07, 6.45) is 1.65. The molecular weight excluding hydrogens is 429 g/mol. The number of fused-ring (bicyclic) bond motifs is 1. The standard InChI is InChI=1S/C20H20FN3O4S2/c21-14-4-3-5-15(10-14)22-19(25)12-24-17-11-16(6-7-18(17)29-13-20(24)26)30(27,28)23-8-1-2-9-23/h3-7,10-11H,1-2,8-9,12-13H2,(H,22,25). The molecule has 2 aromatic carbocycles. The van der Waals surface area contributed by atoms with Gasteiger partial charge in [-0.05, 0) is 49.2 Å². The van der Waals surface area contributed by atoms with Crippen molar-refractivity contribution in [3.05, 3.63) is 48.3 Å². The number of thioether (sulfide) groups is 1. The van der Waals surface area contributed by atoms with Crippen molar-refractivity contribution < 1.29 is 22.4 Å². The van der Waals surface area contributed by atoms with Gasteiger partial charge in [0.1, 0.15) is 12.4 Å².